The van der Waals surface area contributed by atoms with Gasteiger partial charge >= 0.3 is 0 Å². The van der Waals surface area contributed by atoms with Crippen LogP contribution in [0.25, 0.3) is 0 Å². The number of para-hydroxylation sites is 1. The van der Waals surface area contributed by atoms with Gasteiger partial charge in [0.15, 0.2) is 0 Å². The number of hydrogen-bond donors (Lipinski definition) is 1. The maximum Gasteiger partial charge on any atom is 0.251 e. The monoisotopic (exact) mass is 392 g/mol. The lowest BCUT2D eigenvalue weighted by Gasteiger charge is -2.25. The number of rotatable bonds is 8. The summed E-state index contributed by atoms with van der Waals surface area (Å²) < 4.78 is 18.9. The SMILES string of the molecule is CN(C)C(CNC(=O)c1ccc(COc2ccccc2)cc1)c1ccc(F)cc1. The van der Waals surface area contributed by atoms with E-state index >= 15 is 0 Å². The molecule has 0 aromatic heterocycles. The van der Waals surface area contributed by atoms with Crippen molar-refractivity contribution in [3.8, 4) is 5.75 Å². The number of benzene rings is 3. The van der Waals surface area contributed by atoms with E-state index in [4.69, 9.17) is 4.74 Å². The van der Waals surface area contributed by atoms with E-state index < -0.39 is 0 Å². The molecule has 0 radical (unpaired) electrons. The van der Waals surface area contributed by atoms with E-state index in [1.165, 1.54) is 12.1 Å². The molecule has 3 aromatic carbocycles. The number of halogens is 1. The molecule has 0 heterocycles. The number of likely N-dealkylation sites (N-methyl/N-ethyl adjacent to an activating group) is 1. The number of amides is 1. The van der Waals surface area contributed by atoms with Crippen LogP contribution in [0.5, 0.6) is 5.75 Å². The first-order valence-electron chi connectivity index (χ1n) is 9.50. The fraction of sp³-hybridized carbons (Fsp3) is 0.208. The summed E-state index contributed by atoms with van der Waals surface area (Å²) in [4.78, 5) is 14.5. The molecule has 0 bridgehead atoms. The number of nitrogens with zero attached hydrogens (tertiary/aromatic N) is 1. The lowest BCUT2D eigenvalue weighted by atomic mass is 10.1. The molecule has 0 fully saturated rings. The van der Waals surface area contributed by atoms with Gasteiger partial charge in [0.05, 0.1) is 6.04 Å². The Hall–Kier alpha value is -3.18. The zero-order valence-electron chi connectivity index (χ0n) is 16.6. The quantitative estimate of drug-likeness (QED) is 0.616. The van der Waals surface area contributed by atoms with Crippen LogP contribution in [-0.2, 0) is 6.61 Å². The first-order chi connectivity index (χ1) is 14.0. The molecule has 1 unspecified atom stereocenters. The fourth-order valence-corrected chi connectivity index (χ4v) is 3.01. The molecule has 0 aliphatic rings. The van der Waals surface area contributed by atoms with Crippen LogP contribution in [0.4, 0.5) is 4.39 Å². The van der Waals surface area contributed by atoms with Crippen molar-refractivity contribution < 1.29 is 13.9 Å². The molecule has 0 saturated carbocycles. The molecule has 29 heavy (non-hydrogen) atoms. The van der Waals surface area contributed by atoms with Gasteiger partial charge in [0.2, 0.25) is 0 Å². The highest BCUT2D eigenvalue weighted by Crippen LogP contribution is 2.18. The van der Waals surface area contributed by atoms with Gasteiger partial charge in [-0.25, -0.2) is 4.39 Å². The van der Waals surface area contributed by atoms with Crippen LogP contribution in [0.3, 0.4) is 0 Å². The van der Waals surface area contributed by atoms with E-state index in [9.17, 15) is 9.18 Å². The molecule has 1 amide bonds. The molecule has 1 atom stereocenters. The predicted molar refractivity (Wildman–Crippen MR) is 112 cm³/mol. The Balaban J connectivity index is 1.56. The Bertz CT molecular complexity index is 910. The minimum absolute atomic E-state index is 0.0434. The van der Waals surface area contributed by atoms with Crippen molar-refractivity contribution in [3.05, 3.63) is 101 Å². The van der Waals surface area contributed by atoms with Crippen molar-refractivity contribution in [3.63, 3.8) is 0 Å². The van der Waals surface area contributed by atoms with Gasteiger partial charge in [-0.3, -0.25) is 4.79 Å². The van der Waals surface area contributed by atoms with Crippen LogP contribution >= 0.6 is 0 Å². The summed E-state index contributed by atoms with van der Waals surface area (Å²) in [6.45, 7) is 0.871. The molecule has 5 heteroatoms. The summed E-state index contributed by atoms with van der Waals surface area (Å²) in [5.41, 5.74) is 2.53. The number of carbonyl (C=O) groups excluding carboxylic acids is 1. The van der Waals surface area contributed by atoms with Crippen molar-refractivity contribution in [1.82, 2.24) is 10.2 Å². The largest absolute Gasteiger partial charge is 0.489 e. The Morgan fingerprint density at radius 2 is 1.62 bits per heavy atom. The van der Waals surface area contributed by atoms with Gasteiger partial charge in [0, 0.05) is 12.1 Å². The zero-order valence-corrected chi connectivity index (χ0v) is 16.6. The van der Waals surface area contributed by atoms with Crippen LogP contribution in [0.2, 0.25) is 0 Å². The maximum absolute atomic E-state index is 13.2. The molecule has 0 saturated heterocycles. The molecule has 0 spiro atoms. The second-order valence-electron chi connectivity index (χ2n) is 7.04. The normalized spacial score (nSPS) is 11.9. The molecule has 3 aromatic rings. The summed E-state index contributed by atoms with van der Waals surface area (Å²) in [5.74, 6) is 0.394. The van der Waals surface area contributed by atoms with Gasteiger partial charge < -0.3 is 15.0 Å². The minimum atomic E-state index is -0.272. The third kappa shape index (κ3) is 5.90. The molecular weight excluding hydrogens is 367 g/mol. The van der Waals surface area contributed by atoms with Crippen LogP contribution in [0.1, 0.15) is 27.5 Å². The summed E-state index contributed by atoms with van der Waals surface area (Å²) in [6.07, 6.45) is 0. The minimum Gasteiger partial charge on any atom is -0.489 e. The number of carbonyl (C=O) groups is 1. The Kier molecular flexibility index (Phi) is 6.98. The van der Waals surface area contributed by atoms with Crippen LogP contribution in [-0.4, -0.2) is 31.4 Å². The Morgan fingerprint density at radius 3 is 2.24 bits per heavy atom. The molecular formula is C24H25FN2O2. The highest BCUT2D eigenvalue weighted by molar-refractivity contribution is 5.94. The summed E-state index contributed by atoms with van der Waals surface area (Å²) >= 11 is 0. The molecule has 0 aliphatic carbocycles. The van der Waals surface area contributed by atoms with Crippen LogP contribution in [0, 0.1) is 5.82 Å². The third-order valence-corrected chi connectivity index (χ3v) is 4.70. The summed E-state index contributed by atoms with van der Waals surface area (Å²) in [5, 5.41) is 2.97. The van der Waals surface area contributed by atoms with E-state index in [1.54, 1.807) is 24.3 Å². The molecule has 0 aliphatic heterocycles. The van der Waals surface area contributed by atoms with Gasteiger partial charge in [-0.2, -0.15) is 0 Å². The topological polar surface area (TPSA) is 41.6 Å². The van der Waals surface area contributed by atoms with E-state index in [1.807, 2.05) is 61.5 Å². The number of ether oxygens (including phenoxy) is 1. The Labute approximate surface area is 170 Å². The first kappa shape index (κ1) is 20.6. The second kappa shape index (κ2) is 9.85. The molecule has 150 valence electrons. The van der Waals surface area contributed by atoms with E-state index in [2.05, 4.69) is 5.32 Å². The van der Waals surface area contributed by atoms with Gasteiger partial charge in [0.1, 0.15) is 18.2 Å². The van der Waals surface area contributed by atoms with Crippen molar-refractivity contribution in [2.45, 2.75) is 12.6 Å². The molecule has 1 N–H and O–H groups in total. The second-order valence-corrected chi connectivity index (χ2v) is 7.04. The van der Waals surface area contributed by atoms with E-state index in [0.29, 0.717) is 18.7 Å². The predicted octanol–water partition coefficient (Wildman–Crippen LogP) is 4.44. The summed E-state index contributed by atoms with van der Waals surface area (Å²) in [7, 11) is 3.86. The average molecular weight is 392 g/mol. The first-order valence-corrected chi connectivity index (χ1v) is 9.50. The third-order valence-electron chi connectivity index (χ3n) is 4.70. The highest BCUT2D eigenvalue weighted by atomic mass is 19.1. The van der Waals surface area contributed by atoms with Gasteiger partial charge in [-0.1, -0.05) is 42.5 Å². The molecule has 3 rings (SSSR count). The average Bonchev–Trinajstić information content (AvgIpc) is 2.74. The van der Waals surface area contributed by atoms with Gasteiger partial charge in [-0.05, 0) is 61.6 Å². The van der Waals surface area contributed by atoms with Crippen LogP contribution in [0.15, 0.2) is 78.9 Å². The number of nitrogens with one attached hydrogen (secondary N) is 1. The van der Waals surface area contributed by atoms with Gasteiger partial charge in [0.25, 0.3) is 5.91 Å². The lowest BCUT2D eigenvalue weighted by molar-refractivity contribution is 0.0942. The van der Waals surface area contributed by atoms with Crippen molar-refractivity contribution >= 4 is 5.91 Å². The van der Waals surface area contributed by atoms with Crippen LogP contribution < -0.4 is 10.1 Å². The van der Waals surface area contributed by atoms with Gasteiger partial charge in [-0.15, -0.1) is 0 Å². The molecule has 4 nitrogen and oxygen atoms in total. The standard InChI is InChI=1S/C24H25FN2O2/c1-27(2)23(19-12-14-21(25)15-13-19)16-26-24(28)20-10-8-18(9-11-20)17-29-22-6-4-3-5-7-22/h3-15,23H,16-17H2,1-2H3,(H,26,28). The highest BCUT2D eigenvalue weighted by Gasteiger charge is 2.16. The smallest absolute Gasteiger partial charge is 0.251 e. The van der Waals surface area contributed by atoms with Crippen molar-refractivity contribution in [1.29, 1.82) is 0 Å². The summed E-state index contributed by atoms with van der Waals surface area (Å²) in [6, 6.07) is 23.3. The van der Waals surface area contributed by atoms with Crippen molar-refractivity contribution in [2.24, 2.45) is 0 Å². The Morgan fingerprint density at radius 1 is 0.966 bits per heavy atom. The zero-order chi connectivity index (χ0) is 20.6. The van der Waals surface area contributed by atoms with E-state index in [0.717, 1.165) is 16.9 Å². The van der Waals surface area contributed by atoms with E-state index in [-0.39, 0.29) is 17.8 Å². The number of hydrogen-bond acceptors (Lipinski definition) is 3. The maximum atomic E-state index is 13.2. The van der Waals surface area contributed by atoms with Crippen molar-refractivity contribution in [2.75, 3.05) is 20.6 Å². The lowest BCUT2D eigenvalue weighted by Crippen LogP contribution is -2.34. The fourth-order valence-electron chi connectivity index (χ4n) is 3.01.